The van der Waals surface area contributed by atoms with E-state index in [0.717, 1.165) is 11.3 Å². The van der Waals surface area contributed by atoms with Crippen LogP contribution >= 0.6 is 0 Å². The first-order valence-electron chi connectivity index (χ1n) is 8.58. The third-order valence-corrected chi connectivity index (χ3v) is 3.68. The van der Waals surface area contributed by atoms with E-state index in [1.807, 2.05) is 38.1 Å². The van der Waals surface area contributed by atoms with Crippen LogP contribution in [0, 0.1) is 0 Å². The summed E-state index contributed by atoms with van der Waals surface area (Å²) in [5, 5.41) is 8.11. The van der Waals surface area contributed by atoms with Gasteiger partial charge in [0.25, 0.3) is 5.91 Å². The molecule has 144 valence electrons. The Labute approximate surface area is 158 Å². The Morgan fingerprint density at radius 3 is 2.48 bits per heavy atom. The maximum absolute atomic E-state index is 12.1. The van der Waals surface area contributed by atoms with Crippen molar-refractivity contribution >= 4 is 17.6 Å². The van der Waals surface area contributed by atoms with Crippen LogP contribution < -0.4 is 25.4 Å². The molecule has 0 spiro atoms. The molecule has 8 nitrogen and oxygen atoms in total. The maximum Gasteiger partial charge on any atom is 0.319 e. The second-order valence-corrected chi connectivity index (χ2v) is 5.72. The van der Waals surface area contributed by atoms with Crippen molar-refractivity contribution in [1.82, 2.24) is 15.6 Å². The third kappa shape index (κ3) is 6.50. The van der Waals surface area contributed by atoms with Gasteiger partial charge in [0.2, 0.25) is 5.88 Å². The molecule has 2 aromatic rings. The molecule has 1 aromatic carbocycles. The predicted octanol–water partition coefficient (Wildman–Crippen LogP) is 2.49. The number of amides is 3. The van der Waals surface area contributed by atoms with Crippen LogP contribution in [0.1, 0.15) is 25.5 Å². The number of benzene rings is 1. The van der Waals surface area contributed by atoms with Gasteiger partial charge in [-0.1, -0.05) is 12.1 Å². The van der Waals surface area contributed by atoms with Crippen LogP contribution in [0.3, 0.4) is 0 Å². The number of ether oxygens (including phenoxy) is 2. The van der Waals surface area contributed by atoms with Crippen LogP contribution in [0.2, 0.25) is 0 Å². The van der Waals surface area contributed by atoms with Gasteiger partial charge in [-0.15, -0.1) is 0 Å². The zero-order valence-corrected chi connectivity index (χ0v) is 15.6. The Hall–Kier alpha value is -3.29. The summed E-state index contributed by atoms with van der Waals surface area (Å²) < 4.78 is 10.5. The van der Waals surface area contributed by atoms with Crippen molar-refractivity contribution in [2.75, 3.05) is 25.6 Å². The highest BCUT2D eigenvalue weighted by atomic mass is 16.5. The van der Waals surface area contributed by atoms with E-state index >= 15 is 0 Å². The van der Waals surface area contributed by atoms with Gasteiger partial charge in [0, 0.05) is 12.6 Å². The summed E-state index contributed by atoms with van der Waals surface area (Å²) in [6.07, 6.45) is 1.46. The molecule has 0 aliphatic carbocycles. The van der Waals surface area contributed by atoms with E-state index in [9.17, 15) is 9.59 Å². The number of rotatable bonds is 8. The average Bonchev–Trinajstić information content (AvgIpc) is 2.67. The molecule has 3 amide bonds. The molecular weight excluding hydrogens is 348 g/mol. The van der Waals surface area contributed by atoms with Crippen LogP contribution in [0.25, 0.3) is 0 Å². The molecule has 0 unspecified atom stereocenters. The molecule has 27 heavy (non-hydrogen) atoms. The molecule has 0 saturated carbocycles. The minimum Gasteiger partial charge on any atom is -0.497 e. The second-order valence-electron chi connectivity index (χ2n) is 5.72. The van der Waals surface area contributed by atoms with Gasteiger partial charge in [-0.05, 0) is 37.6 Å². The van der Waals surface area contributed by atoms with Gasteiger partial charge in [-0.2, -0.15) is 0 Å². The lowest BCUT2D eigenvalue weighted by molar-refractivity contribution is -0.123. The number of anilines is 1. The topological polar surface area (TPSA) is 102 Å². The predicted molar refractivity (Wildman–Crippen MR) is 102 cm³/mol. The van der Waals surface area contributed by atoms with Gasteiger partial charge in [0.15, 0.2) is 6.61 Å². The number of hydrogen-bond donors (Lipinski definition) is 3. The lowest BCUT2D eigenvalue weighted by Gasteiger charge is -2.15. The standard InChI is InChI=1S/C19H24N4O4/c1-4-20-19(25)23-15-7-10-18(21-11-15)27-12-17(24)22-13(2)14-5-8-16(26-3)9-6-14/h5-11,13H,4,12H2,1-3H3,(H,22,24)(H2,20,23,25)/t13-/m0/s1. The summed E-state index contributed by atoms with van der Waals surface area (Å²) in [5.41, 5.74) is 1.49. The smallest absolute Gasteiger partial charge is 0.319 e. The van der Waals surface area contributed by atoms with Crippen LogP contribution in [-0.2, 0) is 4.79 Å². The van der Waals surface area contributed by atoms with Gasteiger partial charge >= 0.3 is 6.03 Å². The summed E-state index contributed by atoms with van der Waals surface area (Å²) in [6.45, 7) is 4.09. The van der Waals surface area contributed by atoms with Crippen molar-refractivity contribution < 1.29 is 19.1 Å². The number of carbonyl (C=O) groups excluding carboxylic acids is 2. The van der Waals surface area contributed by atoms with Crippen molar-refractivity contribution in [2.24, 2.45) is 0 Å². The molecule has 1 aromatic heterocycles. The molecule has 1 heterocycles. The van der Waals surface area contributed by atoms with Crippen LogP contribution in [-0.4, -0.2) is 37.2 Å². The second kappa shape index (κ2) is 10.0. The van der Waals surface area contributed by atoms with E-state index in [0.29, 0.717) is 18.1 Å². The van der Waals surface area contributed by atoms with Crippen LogP contribution in [0.5, 0.6) is 11.6 Å². The van der Waals surface area contributed by atoms with Crippen molar-refractivity contribution in [3.05, 3.63) is 48.2 Å². The molecule has 0 saturated heterocycles. The Kier molecular flexibility index (Phi) is 7.42. The number of nitrogens with one attached hydrogen (secondary N) is 3. The third-order valence-electron chi connectivity index (χ3n) is 3.68. The maximum atomic E-state index is 12.1. The van der Waals surface area contributed by atoms with E-state index < -0.39 is 0 Å². The average molecular weight is 372 g/mol. The monoisotopic (exact) mass is 372 g/mol. The summed E-state index contributed by atoms with van der Waals surface area (Å²) >= 11 is 0. The summed E-state index contributed by atoms with van der Waals surface area (Å²) in [7, 11) is 1.61. The van der Waals surface area contributed by atoms with E-state index in [1.54, 1.807) is 19.2 Å². The molecule has 0 radical (unpaired) electrons. The SMILES string of the molecule is CCNC(=O)Nc1ccc(OCC(=O)N[C@@H](C)c2ccc(OC)cc2)nc1. The minimum atomic E-state index is -0.306. The Bertz CT molecular complexity index is 747. The molecule has 0 bridgehead atoms. The highest BCUT2D eigenvalue weighted by molar-refractivity contribution is 5.88. The molecule has 1 atom stereocenters. The Morgan fingerprint density at radius 2 is 1.89 bits per heavy atom. The summed E-state index contributed by atoms with van der Waals surface area (Å²) in [6, 6.07) is 10.2. The summed E-state index contributed by atoms with van der Waals surface area (Å²) in [4.78, 5) is 27.5. The normalized spacial score (nSPS) is 11.2. The van der Waals surface area contributed by atoms with E-state index in [2.05, 4.69) is 20.9 Å². The number of aromatic nitrogens is 1. The largest absolute Gasteiger partial charge is 0.497 e. The first kappa shape index (κ1) is 20.0. The first-order valence-corrected chi connectivity index (χ1v) is 8.58. The van der Waals surface area contributed by atoms with Gasteiger partial charge in [-0.3, -0.25) is 4.79 Å². The molecule has 0 aliphatic heterocycles. The Balaban J connectivity index is 1.79. The first-order chi connectivity index (χ1) is 13.0. The van der Waals surface area contributed by atoms with E-state index in [1.165, 1.54) is 6.20 Å². The zero-order chi connectivity index (χ0) is 19.6. The van der Waals surface area contributed by atoms with Crippen molar-refractivity contribution in [2.45, 2.75) is 19.9 Å². The minimum absolute atomic E-state index is 0.156. The number of urea groups is 1. The van der Waals surface area contributed by atoms with E-state index in [-0.39, 0.29) is 24.6 Å². The lowest BCUT2D eigenvalue weighted by Crippen LogP contribution is -2.31. The number of carbonyl (C=O) groups is 2. The number of methoxy groups -OCH3 is 1. The summed E-state index contributed by atoms with van der Waals surface area (Å²) in [5.74, 6) is 0.796. The molecular formula is C19H24N4O4. The number of nitrogens with zero attached hydrogens (tertiary/aromatic N) is 1. The van der Waals surface area contributed by atoms with Gasteiger partial charge in [-0.25, -0.2) is 9.78 Å². The van der Waals surface area contributed by atoms with E-state index in [4.69, 9.17) is 9.47 Å². The van der Waals surface area contributed by atoms with Gasteiger partial charge in [0.1, 0.15) is 5.75 Å². The highest BCUT2D eigenvalue weighted by Gasteiger charge is 2.11. The fourth-order valence-corrected chi connectivity index (χ4v) is 2.27. The fourth-order valence-electron chi connectivity index (χ4n) is 2.27. The molecule has 2 rings (SSSR count). The van der Waals surface area contributed by atoms with Gasteiger partial charge in [0.05, 0.1) is 25.0 Å². The van der Waals surface area contributed by atoms with Crippen molar-refractivity contribution in [1.29, 1.82) is 0 Å². The Morgan fingerprint density at radius 1 is 1.15 bits per heavy atom. The zero-order valence-electron chi connectivity index (χ0n) is 15.6. The van der Waals surface area contributed by atoms with Gasteiger partial charge < -0.3 is 25.4 Å². The molecule has 8 heteroatoms. The quantitative estimate of drug-likeness (QED) is 0.661. The lowest BCUT2D eigenvalue weighted by atomic mass is 10.1. The molecule has 0 fully saturated rings. The van der Waals surface area contributed by atoms with Crippen LogP contribution in [0.4, 0.5) is 10.5 Å². The molecule has 3 N–H and O–H groups in total. The molecule has 0 aliphatic rings. The number of pyridine rings is 1. The van der Waals surface area contributed by atoms with Crippen molar-refractivity contribution in [3.63, 3.8) is 0 Å². The fraction of sp³-hybridized carbons (Fsp3) is 0.316. The van der Waals surface area contributed by atoms with Crippen molar-refractivity contribution in [3.8, 4) is 11.6 Å². The number of hydrogen-bond acceptors (Lipinski definition) is 5. The van der Waals surface area contributed by atoms with Crippen LogP contribution in [0.15, 0.2) is 42.6 Å². The highest BCUT2D eigenvalue weighted by Crippen LogP contribution is 2.17.